The van der Waals surface area contributed by atoms with Gasteiger partial charge in [0.1, 0.15) is 25.3 Å². The molecule has 144 valence electrons. The first-order chi connectivity index (χ1) is 13.3. The third kappa shape index (κ3) is 6.12. The molecule has 2 aromatic heterocycles. The summed E-state index contributed by atoms with van der Waals surface area (Å²) in [7, 11) is 0. The number of unbranched alkanes of at least 4 members (excludes halogenated alkanes) is 5. The summed E-state index contributed by atoms with van der Waals surface area (Å²) in [5, 5.41) is 8.66. The van der Waals surface area contributed by atoms with Gasteiger partial charge < -0.3 is 0 Å². The van der Waals surface area contributed by atoms with Crippen molar-refractivity contribution in [2.24, 2.45) is 0 Å². The number of hydrogen-bond acceptors (Lipinski definition) is 4. The highest BCUT2D eigenvalue weighted by atomic mass is 127. The standard InChI is InChI=1S/C20H27IN6/c1-2-3-4-5-6-7-8-20(27-16-23-14-25-27)18-9-17(10-19(21)11-18)12-26-15-22-13-24-26/h9-11,13-16,20H,2-8,12H2,1H3. The number of rotatable bonds is 11. The third-order valence-electron chi connectivity index (χ3n) is 4.76. The Morgan fingerprint density at radius 3 is 2.44 bits per heavy atom. The Morgan fingerprint density at radius 2 is 1.70 bits per heavy atom. The molecule has 0 fully saturated rings. The smallest absolute Gasteiger partial charge is 0.137 e. The minimum absolute atomic E-state index is 0.225. The van der Waals surface area contributed by atoms with Crippen LogP contribution in [0.4, 0.5) is 0 Å². The van der Waals surface area contributed by atoms with Gasteiger partial charge in [-0.05, 0) is 52.3 Å². The van der Waals surface area contributed by atoms with Crippen LogP contribution in [0.2, 0.25) is 0 Å². The number of halogens is 1. The molecular weight excluding hydrogens is 451 g/mol. The van der Waals surface area contributed by atoms with Crippen molar-refractivity contribution >= 4 is 22.6 Å². The van der Waals surface area contributed by atoms with Gasteiger partial charge in [-0.2, -0.15) is 10.2 Å². The van der Waals surface area contributed by atoms with Crippen LogP contribution in [-0.2, 0) is 6.54 Å². The Morgan fingerprint density at radius 1 is 0.926 bits per heavy atom. The summed E-state index contributed by atoms with van der Waals surface area (Å²) in [5.74, 6) is 0. The van der Waals surface area contributed by atoms with E-state index in [-0.39, 0.29) is 6.04 Å². The number of aromatic nitrogens is 6. The fourth-order valence-corrected chi connectivity index (χ4v) is 4.17. The van der Waals surface area contributed by atoms with Gasteiger partial charge in [0.2, 0.25) is 0 Å². The molecule has 3 aromatic rings. The maximum absolute atomic E-state index is 4.43. The SMILES string of the molecule is CCCCCCCCC(c1cc(I)cc(Cn2cncn2)c1)n1cncn1. The topological polar surface area (TPSA) is 61.4 Å². The van der Waals surface area contributed by atoms with Crippen molar-refractivity contribution < 1.29 is 0 Å². The van der Waals surface area contributed by atoms with Crippen LogP contribution in [0, 0.1) is 3.57 Å². The molecule has 0 saturated carbocycles. The van der Waals surface area contributed by atoms with Gasteiger partial charge in [-0.1, -0.05) is 51.5 Å². The van der Waals surface area contributed by atoms with Gasteiger partial charge in [-0.3, -0.25) is 0 Å². The first kappa shape index (κ1) is 20.0. The van der Waals surface area contributed by atoms with Crippen LogP contribution < -0.4 is 0 Å². The molecule has 7 heteroatoms. The lowest BCUT2D eigenvalue weighted by molar-refractivity contribution is 0.456. The number of nitrogens with zero attached hydrogens (tertiary/aromatic N) is 6. The molecule has 0 bridgehead atoms. The summed E-state index contributed by atoms with van der Waals surface area (Å²) in [5.41, 5.74) is 2.52. The van der Waals surface area contributed by atoms with Crippen LogP contribution in [0.25, 0.3) is 0 Å². The molecule has 6 nitrogen and oxygen atoms in total. The van der Waals surface area contributed by atoms with E-state index in [0.717, 1.165) is 13.0 Å². The average Bonchev–Trinajstić information content (AvgIpc) is 3.34. The molecule has 1 atom stereocenters. The molecule has 1 unspecified atom stereocenters. The van der Waals surface area contributed by atoms with Crippen molar-refractivity contribution in [3.8, 4) is 0 Å². The van der Waals surface area contributed by atoms with Gasteiger partial charge in [-0.15, -0.1) is 0 Å². The van der Waals surface area contributed by atoms with E-state index in [4.69, 9.17) is 0 Å². The molecule has 0 radical (unpaired) electrons. The van der Waals surface area contributed by atoms with Crippen molar-refractivity contribution in [2.45, 2.75) is 64.5 Å². The Hall–Kier alpha value is -1.77. The summed E-state index contributed by atoms with van der Waals surface area (Å²) >= 11 is 2.39. The Labute approximate surface area is 174 Å². The molecule has 0 aliphatic heterocycles. The van der Waals surface area contributed by atoms with Gasteiger partial charge in [0.15, 0.2) is 0 Å². The monoisotopic (exact) mass is 478 g/mol. The van der Waals surface area contributed by atoms with Gasteiger partial charge in [0.05, 0.1) is 12.6 Å². The van der Waals surface area contributed by atoms with Crippen molar-refractivity contribution in [3.05, 3.63) is 58.2 Å². The highest BCUT2D eigenvalue weighted by molar-refractivity contribution is 14.1. The molecule has 3 rings (SSSR count). The highest BCUT2D eigenvalue weighted by Gasteiger charge is 2.16. The van der Waals surface area contributed by atoms with Crippen LogP contribution >= 0.6 is 22.6 Å². The predicted octanol–water partition coefficient (Wildman–Crippen LogP) is 4.86. The normalized spacial score (nSPS) is 12.4. The quantitative estimate of drug-likeness (QED) is 0.292. The largest absolute Gasteiger partial charge is 0.249 e. The van der Waals surface area contributed by atoms with Crippen molar-refractivity contribution in [1.29, 1.82) is 0 Å². The summed E-state index contributed by atoms with van der Waals surface area (Å²) in [4.78, 5) is 8.21. The summed E-state index contributed by atoms with van der Waals surface area (Å²) in [6, 6.07) is 6.96. The molecule has 0 amide bonds. The van der Waals surface area contributed by atoms with Gasteiger partial charge in [-0.25, -0.2) is 19.3 Å². The van der Waals surface area contributed by atoms with Gasteiger partial charge in [0.25, 0.3) is 0 Å². The first-order valence-corrected chi connectivity index (χ1v) is 10.8. The van der Waals surface area contributed by atoms with Crippen molar-refractivity contribution in [1.82, 2.24) is 29.5 Å². The third-order valence-corrected chi connectivity index (χ3v) is 5.39. The molecular formula is C20H27IN6. The summed E-state index contributed by atoms with van der Waals surface area (Å²) < 4.78 is 5.08. The van der Waals surface area contributed by atoms with E-state index in [1.807, 2.05) is 15.7 Å². The zero-order valence-electron chi connectivity index (χ0n) is 15.8. The van der Waals surface area contributed by atoms with E-state index in [0.29, 0.717) is 0 Å². The minimum Gasteiger partial charge on any atom is -0.249 e. The van der Waals surface area contributed by atoms with E-state index >= 15 is 0 Å². The number of benzene rings is 1. The molecule has 0 saturated heterocycles. The maximum Gasteiger partial charge on any atom is 0.137 e. The maximum atomic E-state index is 4.43. The van der Waals surface area contributed by atoms with E-state index in [2.05, 4.69) is 67.9 Å². The van der Waals surface area contributed by atoms with E-state index in [9.17, 15) is 0 Å². The molecule has 2 heterocycles. The van der Waals surface area contributed by atoms with Crippen LogP contribution in [0.15, 0.2) is 43.5 Å². The Balaban J connectivity index is 1.72. The second kappa shape index (κ2) is 10.5. The summed E-state index contributed by atoms with van der Waals surface area (Å²) in [6.45, 7) is 2.99. The lowest BCUT2D eigenvalue weighted by Gasteiger charge is -2.19. The molecule has 0 aliphatic carbocycles. The molecule has 0 aliphatic rings. The second-order valence-corrected chi connectivity index (χ2v) is 8.18. The minimum atomic E-state index is 0.225. The fourth-order valence-electron chi connectivity index (χ4n) is 3.41. The van der Waals surface area contributed by atoms with E-state index in [1.165, 1.54) is 53.2 Å². The van der Waals surface area contributed by atoms with Crippen LogP contribution in [0.1, 0.15) is 69.0 Å². The van der Waals surface area contributed by atoms with Gasteiger partial charge >= 0.3 is 0 Å². The molecule has 27 heavy (non-hydrogen) atoms. The first-order valence-electron chi connectivity index (χ1n) is 9.72. The Kier molecular flexibility index (Phi) is 7.79. The van der Waals surface area contributed by atoms with E-state index < -0.39 is 0 Å². The molecule has 1 aromatic carbocycles. The van der Waals surface area contributed by atoms with Crippen molar-refractivity contribution in [3.63, 3.8) is 0 Å². The average molecular weight is 478 g/mol. The van der Waals surface area contributed by atoms with E-state index in [1.54, 1.807) is 19.0 Å². The van der Waals surface area contributed by atoms with Crippen LogP contribution in [-0.4, -0.2) is 29.5 Å². The Bertz CT molecular complexity index is 785. The van der Waals surface area contributed by atoms with Crippen molar-refractivity contribution in [2.75, 3.05) is 0 Å². The van der Waals surface area contributed by atoms with Crippen LogP contribution in [0.5, 0.6) is 0 Å². The summed E-state index contributed by atoms with van der Waals surface area (Å²) in [6.07, 6.45) is 15.6. The second-order valence-electron chi connectivity index (χ2n) is 6.93. The number of hydrogen-bond donors (Lipinski definition) is 0. The molecule has 0 N–H and O–H groups in total. The highest BCUT2D eigenvalue weighted by Crippen LogP contribution is 2.27. The fraction of sp³-hybridized carbons (Fsp3) is 0.500. The van der Waals surface area contributed by atoms with Gasteiger partial charge in [0, 0.05) is 3.57 Å². The van der Waals surface area contributed by atoms with Crippen LogP contribution in [0.3, 0.4) is 0 Å². The molecule has 0 spiro atoms. The lowest BCUT2D eigenvalue weighted by atomic mass is 9.98. The lowest BCUT2D eigenvalue weighted by Crippen LogP contribution is -2.13. The zero-order chi connectivity index (χ0) is 18.9. The zero-order valence-corrected chi connectivity index (χ0v) is 18.0. The predicted molar refractivity (Wildman–Crippen MR) is 114 cm³/mol.